The number of nitrogens with one attached hydrogen (secondary N) is 1. The van der Waals surface area contributed by atoms with Crippen LogP contribution >= 0.6 is 11.6 Å². The maximum Gasteiger partial charge on any atom is 0.251 e. The number of rotatable bonds is 7. The summed E-state index contributed by atoms with van der Waals surface area (Å²) in [5, 5.41) is 12.8. The van der Waals surface area contributed by atoms with Gasteiger partial charge in [0.15, 0.2) is 11.5 Å². The zero-order valence-electron chi connectivity index (χ0n) is 18.2. The molecular formula is C26H26ClNO4. The predicted molar refractivity (Wildman–Crippen MR) is 124 cm³/mol. The van der Waals surface area contributed by atoms with Gasteiger partial charge in [-0.2, -0.15) is 0 Å². The van der Waals surface area contributed by atoms with Crippen molar-refractivity contribution >= 4 is 17.5 Å². The summed E-state index contributed by atoms with van der Waals surface area (Å²) in [7, 11) is 1.58. The van der Waals surface area contributed by atoms with Crippen molar-refractivity contribution in [3.63, 3.8) is 0 Å². The number of fused-ring (bicyclic) bond motifs is 1. The largest absolute Gasteiger partial charge is 0.493 e. The zero-order valence-corrected chi connectivity index (χ0v) is 18.9. The minimum atomic E-state index is -0.438. The molecule has 1 aliphatic rings. The number of aliphatic hydroxyl groups is 1. The van der Waals surface area contributed by atoms with Crippen LogP contribution in [0, 0.1) is 0 Å². The molecular weight excluding hydrogens is 426 g/mol. The summed E-state index contributed by atoms with van der Waals surface area (Å²) in [6, 6.07) is 18.8. The minimum absolute atomic E-state index is 0.000564. The Morgan fingerprint density at radius 1 is 1.09 bits per heavy atom. The van der Waals surface area contributed by atoms with E-state index >= 15 is 0 Å². The van der Waals surface area contributed by atoms with Crippen LogP contribution in [0.25, 0.3) is 0 Å². The van der Waals surface area contributed by atoms with Crippen molar-refractivity contribution in [3.05, 3.63) is 93.5 Å². The van der Waals surface area contributed by atoms with Crippen LogP contribution in [0.5, 0.6) is 11.5 Å². The number of hydrogen-bond acceptors (Lipinski definition) is 4. The quantitative estimate of drug-likeness (QED) is 0.546. The van der Waals surface area contributed by atoms with Crippen LogP contribution in [-0.2, 0) is 26.0 Å². The standard InChI is InChI=1S/C26H26ClNO4/c1-26(13-17-7-9-22(27)10-8-17)14-21-11-20(12-23(31-2)24(21)32-26)25(30)28-15-18-3-5-19(16-29)6-4-18/h3-12,29H,13-16H2,1-2H3,(H,28,30)/t26-/m1/s1. The highest BCUT2D eigenvalue weighted by Gasteiger charge is 2.37. The summed E-state index contributed by atoms with van der Waals surface area (Å²) in [5.74, 6) is 1.07. The summed E-state index contributed by atoms with van der Waals surface area (Å²) < 4.78 is 11.9. The Morgan fingerprint density at radius 3 is 2.41 bits per heavy atom. The number of methoxy groups -OCH3 is 1. The summed E-state index contributed by atoms with van der Waals surface area (Å²) in [5.41, 5.74) is 3.99. The van der Waals surface area contributed by atoms with Crippen molar-refractivity contribution in [2.45, 2.75) is 38.5 Å². The maximum atomic E-state index is 12.8. The van der Waals surface area contributed by atoms with E-state index in [0.717, 1.165) is 22.3 Å². The lowest BCUT2D eigenvalue weighted by atomic mass is 9.91. The second-order valence-corrected chi connectivity index (χ2v) is 8.79. The molecule has 5 nitrogen and oxygen atoms in total. The summed E-state index contributed by atoms with van der Waals surface area (Å²) in [6.45, 7) is 2.46. The second-order valence-electron chi connectivity index (χ2n) is 8.36. The van der Waals surface area contributed by atoms with Gasteiger partial charge in [0.1, 0.15) is 5.60 Å². The van der Waals surface area contributed by atoms with Crippen molar-refractivity contribution in [1.29, 1.82) is 0 Å². The van der Waals surface area contributed by atoms with Gasteiger partial charge in [0.25, 0.3) is 5.91 Å². The molecule has 0 radical (unpaired) electrons. The summed E-state index contributed by atoms with van der Waals surface area (Å²) in [4.78, 5) is 12.8. The van der Waals surface area contributed by atoms with E-state index in [2.05, 4.69) is 12.2 Å². The summed E-state index contributed by atoms with van der Waals surface area (Å²) >= 11 is 6.01. The van der Waals surface area contributed by atoms with Gasteiger partial charge in [0.05, 0.1) is 13.7 Å². The molecule has 4 rings (SSSR count). The molecule has 3 aromatic carbocycles. The first kappa shape index (κ1) is 22.2. The Bertz CT molecular complexity index is 1110. The lowest BCUT2D eigenvalue weighted by Crippen LogP contribution is -2.32. The number of halogens is 1. The zero-order chi connectivity index (χ0) is 22.7. The Kier molecular flexibility index (Phi) is 6.40. The van der Waals surface area contributed by atoms with E-state index in [9.17, 15) is 4.79 Å². The van der Waals surface area contributed by atoms with Crippen molar-refractivity contribution in [2.24, 2.45) is 0 Å². The topological polar surface area (TPSA) is 67.8 Å². The molecule has 1 atom stereocenters. The average molecular weight is 452 g/mol. The molecule has 0 saturated heterocycles. The molecule has 1 amide bonds. The van der Waals surface area contributed by atoms with Gasteiger partial charge in [-0.25, -0.2) is 0 Å². The van der Waals surface area contributed by atoms with E-state index in [1.807, 2.05) is 54.6 Å². The number of amides is 1. The van der Waals surface area contributed by atoms with Crippen LogP contribution < -0.4 is 14.8 Å². The molecule has 0 aliphatic carbocycles. The van der Waals surface area contributed by atoms with Crippen LogP contribution in [0.3, 0.4) is 0 Å². The third kappa shape index (κ3) is 4.90. The van der Waals surface area contributed by atoms with Crippen LogP contribution in [0.4, 0.5) is 0 Å². The normalized spacial score (nSPS) is 16.9. The number of hydrogen-bond donors (Lipinski definition) is 2. The minimum Gasteiger partial charge on any atom is -0.493 e. The fraction of sp³-hybridized carbons (Fsp3) is 0.269. The highest BCUT2D eigenvalue weighted by molar-refractivity contribution is 6.30. The smallest absolute Gasteiger partial charge is 0.251 e. The van der Waals surface area contributed by atoms with Crippen molar-refractivity contribution in [3.8, 4) is 11.5 Å². The molecule has 0 aromatic heterocycles. The Labute approximate surface area is 192 Å². The van der Waals surface area contributed by atoms with Gasteiger partial charge in [-0.1, -0.05) is 48.0 Å². The van der Waals surface area contributed by atoms with Crippen LogP contribution in [0.1, 0.15) is 39.5 Å². The third-order valence-corrected chi connectivity index (χ3v) is 5.93. The first-order chi connectivity index (χ1) is 15.4. The molecule has 6 heteroatoms. The lowest BCUT2D eigenvalue weighted by molar-refractivity contribution is 0.0950. The van der Waals surface area contributed by atoms with E-state index in [1.54, 1.807) is 13.2 Å². The predicted octanol–water partition coefficient (Wildman–Crippen LogP) is 4.71. The molecule has 3 aromatic rings. The highest BCUT2D eigenvalue weighted by atomic mass is 35.5. The fourth-order valence-corrected chi connectivity index (χ4v) is 4.18. The van der Waals surface area contributed by atoms with Crippen LogP contribution in [-0.4, -0.2) is 23.7 Å². The molecule has 0 spiro atoms. The van der Waals surface area contributed by atoms with Crippen LogP contribution in [0.15, 0.2) is 60.7 Å². The van der Waals surface area contributed by atoms with Gasteiger partial charge >= 0.3 is 0 Å². The molecule has 1 heterocycles. The Morgan fingerprint density at radius 2 is 1.75 bits per heavy atom. The Balaban J connectivity index is 1.49. The maximum absolute atomic E-state index is 12.8. The van der Waals surface area contributed by atoms with Gasteiger partial charge in [-0.05, 0) is 47.9 Å². The molecule has 0 saturated carbocycles. The second kappa shape index (κ2) is 9.23. The fourth-order valence-electron chi connectivity index (χ4n) is 4.05. The molecule has 0 unspecified atom stereocenters. The molecule has 0 fully saturated rings. The van der Waals surface area contributed by atoms with Gasteiger partial charge in [-0.3, -0.25) is 4.79 Å². The van der Waals surface area contributed by atoms with E-state index in [0.29, 0.717) is 41.5 Å². The monoisotopic (exact) mass is 451 g/mol. The van der Waals surface area contributed by atoms with E-state index < -0.39 is 5.60 Å². The highest BCUT2D eigenvalue weighted by Crippen LogP contribution is 2.44. The van der Waals surface area contributed by atoms with E-state index in [-0.39, 0.29) is 12.5 Å². The number of aliphatic hydroxyl groups excluding tert-OH is 1. The van der Waals surface area contributed by atoms with Gasteiger partial charge in [0, 0.05) is 35.5 Å². The summed E-state index contributed by atoms with van der Waals surface area (Å²) in [6.07, 6.45) is 1.39. The number of carbonyl (C=O) groups is 1. The van der Waals surface area contributed by atoms with Gasteiger partial charge < -0.3 is 19.9 Å². The first-order valence-corrected chi connectivity index (χ1v) is 10.9. The molecule has 166 valence electrons. The van der Waals surface area contributed by atoms with Crippen LogP contribution in [0.2, 0.25) is 5.02 Å². The average Bonchev–Trinajstić information content (AvgIpc) is 3.14. The van der Waals surface area contributed by atoms with E-state index in [1.165, 1.54) is 0 Å². The Hall–Kier alpha value is -3.02. The molecule has 0 bridgehead atoms. The third-order valence-electron chi connectivity index (χ3n) is 5.68. The lowest BCUT2D eigenvalue weighted by Gasteiger charge is -2.24. The molecule has 1 aliphatic heterocycles. The molecule has 32 heavy (non-hydrogen) atoms. The number of ether oxygens (including phenoxy) is 2. The van der Waals surface area contributed by atoms with Crippen molar-refractivity contribution in [2.75, 3.05) is 7.11 Å². The van der Waals surface area contributed by atoms with Crippen molar-refractivity contribution < 1.29 is 19.4 Å². The first-order valence-electron chi connectivity index (χ1n) is 10.5. The number of benzene rings is 3. The van der Waals surface area contributed by atoms with Gasteiger partial charge in [0.2, 0.25) is 0 Å². The van der Waals surface area contributed by atoms with Gasteiger partial charge in [-0.15, -0.1) is 0 Å². The van der Waals surface area contributed by atoms with E-state index in [4.69, 9.17) is 26.2 Å². The van der Waals surface area contributed by atoms with Crippen molar-refractivity contribution in [1.82, 2.24) is 5.32 Å². The SMILES string of the molecule is COc1cc(C(=O)NCc2ccc(CO)cc2)cc2c1O[C@](C)(Cc1ccc(Cl)cc1)C2. The molecule has 2 N–H and O–H groups in total. The number of carbonyl (C=O) groups excluding carboxylic acids is 1.